The molecule has 0 aliphatic carbocycles. The van der Waals surface area contributed by atoms with Crippen molar-refractivity contribution in [2.24, 2.45) is 0 Å². The van der Waals surface area contributed by atoms with E-state index >= 15 is 0 Å². The third kappa shape index (κ3) is 3.18. The van der Waals surface area contributed by atoms with Gasteiger partial charge in [0, 0.05) is 11.1 Å². The van der Waals surface area contributed by atoms with E-state index in [-0.39, 0.29) is 11.6 Å². The first-order valence-electron chi connectivity index (χ1n) is 5.94. The van der Waals surface area contributed by atoms with Crippen LogP contribution in [0.3, 0.4) is 0 Å². The van der Waals surface area contributed by atoms with Crippen LogP contribution in [0.1, 0.15) is 26.3 Å². The molecule has 3 heteroatoms. The number of hydrogen-bond acceptors (Lipinski definition) is 2. The molecule has 0 saturated heterocycles. The largest absolute Gasteiger partial charge is 0.292 e. The van der Waals surface area contributed by atoms with Crippen molar-refractivity contribution in [1.82, 2.24) is 0 Å². The molecule has 0 aliphatic rings. The number of benzene rings is 2. The molecular weight excluding hydrogens is 304 g/mol. The number of aryl methyl sites for hydroxylation is 1. The molecule has 0 bridgehead atoms. The molecule has 0 saturated carbocycles. The van der Waals surface area contributed by atoms with Crippen molar-refractivity contribution < 1.29 is 9.59 Å². The molecule has 0 aliphatic heterocycles. The summed E-state index contributed by atoms with van der Waals surface area (Å²) in [6.45, 7) is 1.95. The van der Waals surface area contributed by atoms with E-state index in [0.29, 0.717) is 11.1 Å². The molecule has 2 aromatic rings. The van der Waals surface area contributed by atoms with Gasteiger partial charge in [-0.2, -0.15) is 0 Å². The molecule has 0 fully saturated rings. The second kappa shape index (κ2) is 5.93. The lowest BCUT2D eigenvalue weighted by atomic mass is 10.0. The Hall–Kier alpha value is -1.74. The van der Waals surface area contributed by atoms with Crippen molar-refractivity contribution in [1.29, 1.82) is 0 Å². The Balaban J connectivity index is 2.20. The van der Waals surface area contributed by atoms with E-state index < -0.39 is 4.83 Å². The highest BCUT2D eigenvalue weighted by atomic mass is 79.9. The average molecular weight is 317 g/mol. The molecule has 1 atom stereocenters. The maximum Gasteiger partial charge on any atom is 0.184 e. The summed E-state index contributed by atoms with van der Waals surface area (Å²) < 4.78 is 0. The lowest BCUT2D eigenvalue weighted by Gasteiger charge is -2.08. The average Bonchev–Trinajstić information content (AvgIpc) is 2.46. The van der Waals surface area contributed by atoms with Gasteiger partial charge < -0.3 is 0 Å². The summed E-state index contributed by atoms with van der Waals surface area (Å²) in [6.07, 6.45) is 0. The number of halogens is 1. The maximum absolute atomic E-state index is 12.2. The van der Waals surface area contributed by atoms with Crippen molar-refractivity contribution >= 4 is 27.5 Å². The monoisotopic (exact) mass is 316 g/mol. The SMILES string of the molecule is Cc1ccc(C(=O)C(Br)C(=O)c2ccccc2)cc1. The van der Waals surface area contributed by atoms with E-state index in [1.807, 2.05) is 25.1 Å². The molecule has 96 valence electrons. The van der Waals surface area contributed by atoms with Crippen LogP contribution in [0.25, 0.3) is 0 Å². The zero-order chi connectivity index (χ0) is 13.8. The highest BCUT2D eigenvalue weighted by molar-refractivity contribution is 9.10. The van der Waals surface area contributed by atoms with Crippen LogP contribution in [-0.4, -0.2) is 16.4 Å². The van der Waals surface area contributed by atoms with Gasteiger partial charge in [-0.05, 0) is 6.92 Å². The fraction of sp³-hybridized carbons (Fsp3) is 0.125. The van der Waals surface area contributed by atoms with E-state index in [0.717, 1.165) is 5.56 Å². The lowest BCUT2D eigenvalue weighted by Crippen LogP contribution is -2.24. The van der Waals surface area contributed by atoms with Crippen molar-refractivity contribution in [2.75, 3.05) is 0 Å². The van der Waals surface area contributed by atoms with Crippen molar-refractivity contribution in [3.8, 4) is 0 Å². The summed E-state index contributed by atoms with van der Waals surface area (Å²) in [5.74, 6) is -0.431. The quantitative estimate of drug-likeness (QED) is 0.488. The Labute approximate surface area is 120 Å². The lowest BCUT2D eigenvalue weighted by molar-refractivity contribution is 0.0906. The van der Waals surface area contributed by atoms with Gasteiger partial charge in [0.25, 0.3) is 0 Å². The van der Waals surface area contributed by atoms with E-state index in [1.54, 1.807) is 36.4 Å². The van der Waals surface area contributed by atoms with Gasteiger partial charge >= 0.3 is 0 Å². The first-order valence-corrected chi connectivity index (χ1v) is 6.85. The second-order valence-corrected chi connectivity index (χ2v) is 5.24. The van der Waals surface area contributed by atoms with Gasteiger partial charge in [-0.3, -0.25) is 9.59 Å². The number of Topliss-reactive ketones (excluding diaryl/α,β-unsaturated/α-hetero) is 2. The summed E-state index contributed by atoms with van der Waals surface area (Å²) in [6, 6.07) is 16.0. The zero-order valence-corrected chi connectivity index (χ0v) is 12.1. The number of ketones is 2. The highest BCUT2D eigenvalue weighted by Gasteiger charge is 2.25. The number of rotatable bonds is 4. The minimum atomic E-state index is -0.836. The predicted octanol–water partition coefficient (Wildman–Crippen LogP) is 3.82. The van der Waals surface area contributed by atoms with E-state index in [2.05, 4.69) is 15.9 Å². The summed E-state index contributed by atoms with van der Waals surface area (Å²) in [5, 5.41) is 0. The number of hydrogen-bond donors (Lipinski definition) is 0. The standard InChI is InChI=1S/C16H13BrO2/c1-11-7-9-13(10-8-11)16(19)14(17)15(18)12-5-3-2-4-6-12/h2-10,14H,1H3. The molecule has 1 unspecified atom stereocenters. The summed E-state index contributed by atoms with van der Waals surface area (Å²) in [4.78, 5) is 23.5. The van der Waals surface area contributed by atoms with Crippen molar-refractivity contribution in [3.05, 3.63) is 71.3 Å². The minimum Gasteiger partial charge on any atom is -0.292 e. The van der Waals surface area contributed by atoms with Crippen LogP contribution in [0.2, 0.25) is 0 Å². The molecule has 0 radical (unpaired) electrons. The Morgan fingerprint density at radius 2 is 1.32 bits per heavy atom. The van der Waals surface area contributed by atoms with Gasteiger partial charge in [0.15, 0.2) is 11.6 Å². The molecule has 2 rings (SSSR count). The molecule has 2 aromatic carbocycles. The fourth-order valence-electron chi connectivity index (χ4n) is 1.73. The Kier molecular flexibility index (Phi) is 4.27. The Morgan fingerprint density at radius 1 is 0.842 bits per heavy atom. The second-order valence-electron chi connectivity index (χ2n) is 4.32. The zero-order valence-electron chi connectivity index (χ0n) is 10.5. The molecular formula is C16H13BrO2. The smallest absolute Gasteiger partial charge is 0.184 e. The van der Waals surface area contributed by atoms with Crippen LogP contribution in [-0.2, 0) is 0 Å². The fourth-order valence-corrected chi connectivity index (χ4v) is 2.26. The van der Waals surface area contributed by atoms with Gasteiger partial charge in [-0.15, -0.1) is 0 Å². The molecule has 0 N–H and O–H groups in total. The van der Waals surface area contributed by atoms with Gasteiger partial charge in [0.2, 0.25) is 0 Å². The van der Waals surface area contributed by atoms with Crippen LogP contribution >= 0.6 is 15.9 Å². The van der Waals surface area contributed by atoms with Crippen LogP contribution < -0.4 is 0 Å². The van der Waals surface area contributed by atoms with Gasteiger partial charge in [0.05, 0.1) is 0 Å². The first-order chi connectivity index (χ1) is 9.09. The molecule has 0 amide bonds. The van der Waals surface area contributed by atoms with Gasteiger partial charge in [0.1, 0.15) is 4.83 Å². The Bertz CT molecular complexity index is 588. The number of carbonyl (C=O) groups excluding carboxylic acids is 2. The van der Waals surface area contributed by atoms with E-state index in [1.165, 1.54) is 0 Å². The van der Waals surface area contributed by atoms with E-state index in [4.69, 9.17) is 0 Å². The molecule has 0 heterocycles. The summed E-state index contributed by atoms with van der Waals surface area (Å²) >= 11 is 3.20. The minimum absolute atomic E-state index is 0.214. The van der Waals surface area contributed by atoms with Gasteiger partial charge in [-0.1, -0.05) is 76.1 Å². The molecule has 19 heavy (non-hydrogen) atoms. The summed E-state index contributed by atoms with van der Waals surface area (Å²) in [7, 11) is 0. The van der Waals surface area contributed by atoms with Crippen molar-refractivity contribution in [3.63, 3.8) is 0 Å². The normalized spacial score (nSPS) is 11.9. The molecule has 0 spiro atoms. The van der Waals surface area contributed by atoms with Crippen LogP contribution in [0.4, 0.5) is 0 Å². The van der Waals surface area contributed by atoms with Crippen LogP contribution in [0.5, 0.6) is 0 Å². The van der Waals surface area contributed by atoms with Gasteiger partial charge in [-0.25, -0.2) is 0 Å². The third-order valence-electron chi connectivity index (χ3n) is 2.85. The third-order valence-corrected chi connectivity index (χ3v) is 3.69. The van der Waals surface area contributed by atoms with Crippen LogP contribution in [0.15, 0.2) is 54.6 Å². The topological polar surface area (TPSA) is 34.1 Å². The predicted molar refractivity (Wildman–Crippen MR) is 79.0 cm³/mol. The highest BCUT2D eigenvalue weighted by Crippen LogP contribution is 2.16. The Morgan fingerprint density at radius 3 is 1.84 bits per heavy atom. The molecule has 2 nitrogen and oxygen atoms in total. The van der Waals surface area contributed by atoms with Crippen molar-refractivity contribution in [2.45, 2.75) is 11.8 Å². The number of carbonyl (C=O) groups is 2. The summed E-state index contributed by atoms with van der Waals surface area (Å²) in [5.41, 5.74) is 2.15. The number of alkyl halides is 1. The van der Waals surface area contributed by atoms with Crippen LogP contribution in [0, 0.1) is 6.92 Å². The first kappa shape index (κ1) is 13.7. The maximum atomic E-state index is 12.2. The van der Waals surface area contributed by atoms with E-state index in [9.17, 15) is 9.59 Å². The molecule has 0 aromatic heterocycles.